The molecule has 2 N–H and O–H groups in total. The standard InChI is InChI=1S/2C22H28N6O2/c2*1-27-7-6-15-10-20(29-2)19(9-16(15)13-27)25-22-23-11-17-12-24-28(21(17)26-22)14-18-5-3-4-8-30-18/h2*9-12,18H,3-8,13-14H2,1-2H3,(H,23,25,26)/t2*18-/m10/s1. The van der Waals surface area contributed by atoms with Crippen molar-refractivity contribution in [1.82, 2.24) is 49.3 Å². The molecule has 6 aromatic rings. The molecule has 2 aromatic carbocycles. The first-order chi connectivity index (χ1) is 29.4. The predicted molar refractivity (Wildman–Crippen MR) is 230 cm³/mol. The van der Waals surface area contributed by atoms with E-state index in [0.717, 1.165) is 123 Å². The average molecular weight is 817 g/mol. The number of nitrogens with one attached hydrogen (secondary N) is 2. The van der Waals surface area contributed by atoms with Crippen LogP contribution in [-0.4, -0.2) is 116 Å². The molecule has 4 aliphatic heterocycles. The summed E-state index contributed by atoms with van der Waals surface area (Å²) in [6.07, 6.45) is 16.6. The molecule has 16 heteroatoms. The number of methoxy groups -OCH3 is 2. The molecule has 4 aromatic heterocycles. The van der Waals surface area contributed by atoms with Gasteiger partial charge in [0.25, 0.3) is 0 Å². The highest BCUT2D eigenvalue weighted by Gasteiger charge is 2.22. The topological polar surface area (TPSA) is 155 Å². The van der Waals surface area contributed by atoms with Gasteiger partial charge in [-0.2, -0.15) is 20.2 Å². The van der Waals surface area contributed by atoms with Crippen LogP contribution >= 0.6 is 0 Å². The van der Waals surface area contributed by atoms with Crippen LogP contribution in [0.5, 0.6) is 11.5 Å². The Morgan fingerprint density at radius 2 is 1.08 bits per heavy atom. The minimum Gasteiger partial charge on any atom is -0.495 e. The summed E-state index contributed by atoms with van der Waals surface area (Å²) in [5.74, 6) is 2.70. The van der Waals surface area contributed by atoms with E-state index in [9.17, 15) is 0 Å². The smallest absolute Gasteiger partial charge is 0.229 e. The number of fused-ring (bicyclic) bond motifs is 4. The van der Waals surface area contributed by atoms with Crippen LogP contribution in [0.2, 0.25) is 0 Å². The second kappa shape index (κ2) is 18.1. The Balaban J connectivity index is 0.000000154. The highest BCUT2D eigenvalue weighted by atomic mass is 16.5. The molecule has 8 heterocycles. The second-order valence-corrected chi connectivity index (χ2v) is 16.4. The molecule has 0 aliphatic carbocycles. The van der Waals surface area contributed by atoms with Gasteiger partial charge >= 0.3 is 0 Å². The summed E-state index contributed by atoms with van der Waals surface area (Å²) in [5.41, 5.74) is 8.71. The van der Waals surface area contributed by atoms with Crippen LogP contribution in [0.15, 0.2) is 49.1 Å². The molecule has 10 rings (SSSR count). The van der Waals surface area contributed by atoms with Gasteiger partial charge in [0.05, 0.1) is 74.1 Å². The quantitative estimate of drug-likeness (QED) is 0.160. The maximum Gasteiger partial charge on any atom is 0.229 e. The van der Waals surface area contributed by atoms with Crippen molar-refractivity contribution in [2.75, 3.05) is 65.3 Å². The number of ether oxygens (including phenoxy) is 4. The van der Waals surface area contributed by atoms with Crippen LogP contribution in [0.1, 0.15) is 60.8 Å². The highest BCUT2D eigenvalue weighted by molar-refractivity contribution is 5.77. The summed E-state index contributed by atoms with van der Waals surface area (Å²) in [6.45, 7) is 7.10. The van der Waals surface area contributed by atoms with Crippen LogP contribution < -0.4 is 20.1 Å². The number of benzene rings is 2. The minimum atomic E-state index is 0.200. The summed E-state index contributed by atoms with van der Waals surface area (Å²) in [5, 5.41) is 17.6. The zero-order valence-electron chi connectivity index (χ0n) is 35.2. The van der Waals surface area contributed by atoms with Gasteiger partial charge in [-0.25, -0.2) is 19.3 Å². The van der Waals surface area contributed by atoms with Crippen molar-refractivity contribution >= 4 is 45.3 Å². The molecule has 0 saturated carbocycles. The summed E-state index contributed by atoms with van der Waals surface area (Å²) >= 11 is 0. The van der Waals surface area contributed by atoms with Gasteiger partial charge in [0, 0.05) is 51.8 Å². The number of likely N-dealkylation sites (N-methyl/N-ethyl adjacent to an activating group) is 2. The van der Waals surface area contributed by atoms with Crippen molar-refractivity contribution in [3.63, 3.8) is 0 Å². The van der Waals surface area contributed by atoms with E-state index in [2.05, 4.69) is 79.0 Å². The summed E-state index contributed by atoms with van der Waals surface area (Å²) in [4.78, 5) is 23.1. The Kier molecular flexibility index (Phi) is 12.0. The van der Waals surface area contributed by atoms with Gasteiger partial charge in [0.15, 0.2) is 11.3 Å². The van der Waals surface area contributed by atoms with Crippen LogP contribution in [0.25, 0.3) is 22.1 Å². The molecule has 0 radical (unpaired) electrons. The number of nitrogens with zero attached hydrogens (tertiary/aromatic N) is 10. The fraction of sp³-hybridized carbons (Fsp3) is 0.500. The lowest BCUT2D eigenvalue weighted by molar-refractivity contribution is 0.00451. The van der Waals surface area contributed by atoms with Crippen molar-refractivity contribution in [3.05, 3.63) is 71.3 Å². The van der Waals surface area contributed by atoms with Gasteiger partial charge in [-0.3, -0.25) is 0 Å². The lowest BCUT2D eigenvalue weighted by atomic mass is 9.99. The first-order valence-electron chi connectivity index (χ1n) is 21.3. The minimum absolute atomic E-state index is 0.200. The maximum absolute atomic E-state index is 5.88. The molecule has 4 aliphatic rings. The summed E-state index contributed by atoms with van der Waals surface area (Å²) < 4.78 is 26.9. The fourth-order valence-electron chi connectivity index (χ4n) is 8.64. The third-order valence-electron chi connectivity index (χ3n) is 12.0. The van der Waals surface area contributed by atoms with Crippen LogP contribution in [0.3, 0.4) is 0 Å². The summed E-state index contributed by atoms with van der Waals surface area (Å²) in [7, 11) is 7.69. The number of aromatic nitrogens is 8. The Bertz CT molecular complexity index is 2250. The zero-order valence-corrected chi connectivity index (χ0v) is 35.2. The molecule has 0 amide bonds. The molecule has 60 heavy (non-hydrogen) atoms. The average Bonchev–Trinajstić information content (AvgIpc) is 3.86. The molecule has 0 unspecified atom stereocenters. The Morgan fingerprint density at radius 1 is 0.617 bits per heavy atom. The van der Waals surface area contributed by atoms with Crippen molar-refractivity contribution in [2.24, 2.45) is 0 Å². The van der Waals surface area contributed by atoms with Crippen LogP contribution in [0.4, 0.5) is 23.3 Å². The SMILES string of the molecule is COc1cc2c(cc1Nc1ncc3cnn(C[C@@H]4CCCCO4)c3n1)CN(C)CC2.COc1cc2c(cc1Nc1ncc3cnn(C[C@H]4CCCCO4)c3n1)CN(C)CC2. The van der Waals surface area contributed by atoms with Crippen molar-refractivity contribution < 1.29 is 18.9 Å². The molecule has 2 fully saturated rings. The third-order valence-corrected chi connectivity index (χ3v) is 12.0. The van der Waals surface area contributed by atoms with Crippen LogP contribution in [0, 0.1) is 0 Å². The number of hydrogen-bond donors (Lipinski definition) is 2. The fourth-order valence-corrected chi connectivity index (χ4v) is 8.64. The normalized spacial score (nSPS) is 19.6. The van der Waals surface area contributed by atoms with E-state index in [1.54, 1.807) is 14.2 Å². The molecule has 2 saturated heterocycles. The largest absolute Gasteiger partial charge is 0.495 e. The first kappa shape index (κ1) is 40.0. The molecular weight excluding hydrogens is 761 g/mol. The zero-order chi connectivity index (χ0) is 41.0. The Morgan fingerprint density at radius 3 is 1.50 bits per heavy atom. The highest BCUT2D eigenvalue weighted by Crippen LogP contribution is 2.35. The first-order valence-corrected chi connectivity index (χ1v) is 21.3. The van der Waals surface area contributed by atoms with Gasteiger partial charge in [-0.1, -0.05) is 0 Å². The molecule has 0 bridgehead atoms. The van der Waals surface area contributed by atoms with Gasteiger partial charge in [0.1, 0.15) is 11.5 Å². The molecular formula is C44H56N12O4. The van der Waals surface area contributed by atoms with E-state index < -0.39 is 0 Å². The molecule has 316 valence electrons. The Hall–Kier alpha value is -5.42. The molecule has 2 atom stereocenters. The van der Waals surface area contributed by atoms with Gasteiger partial charge < -0.3 is 39.4 Å². The molecule has 0 spiro atoms. The van der Waals surface area contributed by atoms with Gasteiger partial charge in [-0.05, 0) is 112 Å². The number of anilines is 4. The number of rotatable bonds is 10. The monoisotopic (exact) mass is 816 g/mol. The molecule has 16 nitrogen and oxygen atoms in total. The lowest BCUT2D eigenvalue weighted by Crippen LogP contribution is -2.26. The van der Waals surface area contributed by atoms with E-state index in [-0.39, 0.29) is 12.2 Å². The summed E-state index contributed by atoms with van der Waals surface area (Å²) in [6, 6.07) is 8.58. The van der Waals surface area contributed by atoms with Crippen LogP contribution in [-0.2, 0) is 48.5 Å². The predicted octanol–water partition coefficient (Wildman–Crippen LogP) is 6.27. The van der Waals surface area contributed by atoms with E-state index in [0.29, 0.717) is 25.0 Å². The van der Waals surface area contributed by atoms with Crippen molar-refractivity contribution in [2.45, 2.75) is 89.8 Å². The lowest BCUT2D eigenvalue weighted by Gasteiger charge is -2.26. The van der Waals surface area contributed by atoms with Crippen molar-refractivity contribution in [3.8, 4) is 11.5 Å². The van der Waals surface area contributed by atoms with E-state index in [1.165, 1.54) is 35.1 Å². The van der Waals surface area contributed by atoms with E-state index in [1.807, 2.05) is 34.2 Å². The van der Waals surface area contributed by atoms with Gasteiger partial charge in [-0.15, -0.1) is 0 Å². The second-order valence-electron chi connectivity index (χ2n) is 16.4. The Labute approximate surface area is 350 Å². The number of hydrogen-bond acceptors (Lipinski definition) is 14. The van der Waals surface area contributed by atoms with E-state index >= 15 is 0 Å². The van der Waals surface area contributed by atoms with Crippen molar-refractivity contribution in [1.29, 1.82) is 0 Å². The third kappa shape index (κ3) is 9.01. The maximum atomic E-state index is 5.88. The van der Waals surface area contributed by atoms with E-state index in [4.69, 9.17) is 28.9 Å². The van der Waals surface area contributed by atoms with Gasteiger partial charge in [0.2, 0.25) is 11.9 Å².